The Kier molecular flexibility index (Phi) is 3.20. The summed E-state index contributed by atoms with van der Waals surface area (Å²) in [6.45, 7) is -0.0194. The van der Waals surface area contributed by atoms with Crippen molar-refractivity contribution in [1.29, 1.82) is 0 Å². The molecule has 0 fully saturated rings. The van der Waals surface area contributed by atoms with Crippen molar-refractivity contribution in [3.63, 3.8) is 0 Å². The molecule has 0 amide bonds. The third-order valence-corrected chi connectivity index (χ3v) is 3.94. The number of aromatic nitrogens is 3. The molecule has 0 saturated carbocycles. The summed E-state index contributed by atoms with van der Waals surface area (Å²) in [6.07, 6.45) is 0.390. The molecule has 2 heterocycles. The summed E-state index contributed by atoms with van der Waals surface area (Å²) < 4.78 is 1.85. The molecule has 5 heteroatoms. The lowest BCUT2D eigenvalue weighted by atomic mass is 10.1. The number of para-hydroxylation sites is 2. The van der Waals surface area contributed by atoms with Crippen molar-refractivity contribution in [3.8, 4) is 11.3 Å². The van der Waals surface area contributed by atoms with Gasteiger partial charge in [-0.05, 0) is 12.1 Å². The van der Waals surface area contributed by atoms with Crippen molar-refractivity contribution in [2.24, 2.45) is 0 Å². The molecule has 4 aromatic rings. The van der Waals surface area contributed by atoms with Crippen LogP contribution in [0.5, 0.6) is 0 Å². The average molecular weight is 305 g/mol. The van der Waals surface area contributed by atoms with E-state index in [1.165, 1.54) is 0 Å². The number of fused-ring (bicyclic) bond motifs is 3. The van der Waals surface area contributed by atoms with E-state index in [1.54, 1.807) is 0 Å². The number of H-pyrrole nitrogens is 1. The highest BCUT2D eigenvalue weighted by atomic mass is 16.3. The number of imidazole rings is 1. The summed E-state index contributed by atoms with van der Waals surface area (Å²) >= 11 is 0. The smallest absolute Gasteiger partial charge is 0.275 e. The van der Waals surface area contributed by atoms with Crippen molar-refractivity contribution in [2.45, 2.75) is 6.42 Å². The number of hydrogen-bond donors (Lipinski definition) is 2. The number of aliphatic hydroxyl groups excluding tert-OH is 1. The minimum absolute atomic E-state index is 0.0194. The van der Waals surface area contributed by atoms with Crippen molar-refractivity contribution in [1.82, 2.24) is 14.4 Å². The molecule has 5 nitrogen and oxygen atoms in total. The molecule has 0 atom stereocenters. The van der Waals surface area contributed by atoms with Gasteiger partial charge in [0.05, 0.1) is 17.6 Å². The molecule has 2 aromatic carbocycles. The van der Waals surface area contributed by atoms with Gasteiger partial charge in [0, 0.05) is 12.0 Å². The predicted octanol–water partition coefficient (Wildman–Crippen LogP) is 2.38. The summed E-state index contributed by atoms with van der Waals surface area (Å²) in [5.41, 5.74) is 3.48. The standard InChI is InChI=1S/C18H15N3O2/c22-11-10-15-20-16(12-6-2-1-3-7-12)17-18(23)19-13-8-4-5-9-14(13)21(15)17/h1-9,22H,10-11H2,(H,19,23). The first-order valence-corrected chi connectivity index (χ1v) is 7.48. The van der Waals surface area contributed by atoms with E-state index in [4.69, 9.17) is 0 Å². The van der Waals surface area contributed by atoms with Gasteiger partial charge in [0.1, 0.15) is 17.0 Å². The second kappa shape index (κ2) is 5.37. The van der Waals surface area contributed by atoms with Crippen LogP contribution in [0.3, 0.4) is 0 Å². The van der Waals surface area contributed by atoms with Gasteiger partial charge in [-0.2, -0.15) is 0 Å². The van der Waals surface area contributed by atoms with Crippen LogP contribution >= 0.6 is 0 Å². The Morgan fingerprint density at radius 3 is 2.57 bits per heavy atom. The highest BCUT2D eigenvalue weighted by molar-refractivity contribution is 5.85. The zero-order valence-electron chi connectivity index (χ0n) is 12.4. The van der Waals surface area contributed by atoms with Gasteiger partial charge >= 0.3 is 0 Å². The van der Waals surface area contributed by atoms with Crippen LogP contribution < -0.4 is 5.56 Å². The third kappa shape index (κ3) is 2.13. The number of nitrogens with zero attached hydrogens (tertiary/aromatic N) is 2. The Morgan fingerprint density at radius 1 is 1.04 bits per heavy atom. The Morgan fingerprint density at radius 2 is 1.78 bits per heavy atom. The third-order valence-electron chi connectivity index (χ3n) is 3.94. The zero-order valence-corrected chi connectivity index (χ0v) is 12.4. The van der Waals surface area contributed by atoms with Gasteiger partial charge in [-0.25, -0.2) is 4.98 Å². The molecule has 0 aliphatic carbocycles. The Hall–Kier alpha value is -2.92. The Balaban J connectivity index is 2.18. The Bertz CT molecular complexity index is 1050. The summed E-state index contributed by atoms with van der Waals surface area (Å²) in [5.74, 6) is 0.684. The molecule has 0 aliphatic rings. The van der Waals surface area contributed by atoms with Crippen LogP contribution in [-0.2, 0) is 6.42 Å². The average Bonchev–Trinajstić information content (AvgIpc) is 2.97. The topological polar surface area (TPSA) is 70.4 Å². The second-order valence-electron chi connectivity index (χ2n) is 5.37. The van der Waals surface area contributed by atoms with Gasteiger partial charge in [0.15, 0.2) is 0 Å². The van der Waals surface area contributed by atoms with E-state index in [9.17, 15) is 9.90 Å². The molecule has 23 heavy (non-hydrogen) atoms. The molecule has 0 radical (unpaired) electrons. The van der Waals surface area contributed by atoms with E-state index in [2.05, 4.69) is 9.97 Å². The number of hydrogen-bond acceptors (Lipinski definition) is 3. The van der Waals surface area contributed by atoms with Crippen molar-refractivity contribution >= 4 is 16.6 Å². The monoisotopic (exact) mass is 305 g/mol. The van der Waals surface area contributed by atoms with E-state index >= 15 is 0 Å². The van der Waals surface area contributed by atoms with Gasteiger partial charge in [0.2, 0.25) is 0 Å². The summed E-state index contributed by atoms with van der Waals surface area (Å²) in [4.78, 5) is 20.2. The summed E-state index contributed by atoms with van der Waals surface area (Å²) in [7, 11) is 0. The molecule has 0 bridgehead atoms. The SMILES string of the molecule is O=c1[nH]c2ccccc2n2c(CCO)nc(-c3ccccc3)c12. The predicted molar refractivity (Wildman–Crippen MR) is 89.5 cm³/mol. The van der Waals surface area contributed by atoms with Crippen LogP contribution in [0.4, 0.5) is 0 Å². The van der Waals surface area contributed by atoms with Gasteiger partial charge in [-0.3, -0.25) is 9.20 Å². The maximum absolute atomic E-state index is 12.6. The van der Waals surface area contributed by atoms with Crippen LogP contribution in [0.1, 0.15) is 5.82 Å². The molecular weight excluding hydrogens is 290 g/mol. The molecule has 2 N–H and O–H groups in total. The molecular formula is C18H15N3O2. The number of benzene rings is 2. The van der Waals surface area contributed by atoms with E-state index in [0.29, 0.717) is 23.5 Å². The number of rotatable bonds is 3. The maximum Gasteiger partial charge on any atom is 0.275 e. The summed E-state index contributed by atoms with van der Waals surface area (Å²) in [6, 6.07) is 17.2. The molecule has 0 unspecified atom stereocenters. The van der Waals surface area contributed by atoms with Crippen LogP contribution in [0, 0.1) is 0 Å². The van der Waals surface area contributed by atoms with Gasteiger partial charge in [-0.15, -0.1) is 0 Å². The first kappa shape index (κ1) is 13.7. The van der Waals surface area contributed by atoms with E-state index in [-0.39, 0.29) is 12.2 Å². The minimum atomic E-state index is -0.181. The quantitative estimate of drug-likeness (QED) is 0.610. The molecule has 0 saturated heterocycles. The highest BCUT2D eigenvalue weighted by Gasteiger charge is 2.17. The molecule has 0 spiro atoms. The lowest BCUT2D eigenvalue weighted by Crippen LogP contribution is -2.12. The van der Waals surface area contributed by atoms with Crippen LogP contribution in [0.2, 0.25) is 0 Å². The molecule has 2 aromatic heterocycles. The minimum Gasteiger partial charge on any atom is -0.396 e. The van der Waals surface area contributed by atoms with Crippen LogP contribution in [-0.4, -0.2) is 26.1 Å². The summed E-state index contributed by atoms with van der Waals surface area (Å²) in [5, 5.41) is 9.36. The fraction of sp³-hybridized carbons (Fsp3) is 0.111. The lowest BCUT2D eigenvalue weighted by molar-refractivity contribution is 0.296. The van der Waals surface area contributed by atoms with Crippen LogP contribution in [0.15, 0.2) is 59.4 Å². The first-order chi connectivity index (χ1) is 11.3. The Labute approximate surface area is 131 Å². The molecule has 114 valence electrons. The zero-order chi connectivity index (χ0) is 15.8. The maximum atomic E-state index is 12.6. The van der Waals surface area contributed by atoms with Gasteiger partial charge in [0.25, 0.3) is 5.56 Å². The number of aliphatic hydroxyl groups is 1. The van der Waals surface area contributed by atoms with Crippen molar-refractivity contribution < 1.29 is 5.11 Å². The largest absolute Gasteiger partial charge is 0.396 e. The fourth-order valence-electron chi connectivity index (χ4n) is 2.96. The number of aromatic amines is 1. The van der Waals surface area contributed by atoms with E-state index in [1.807, 2.05) is 59.0 Å². The van der Waals surface area contributed by atoms with Gasteiger partial charge in [-0.1, -0.05) is 42.5 Å². The lowest BCUT2D eigenvalue weighted by Gasteiger charge is -2.05. The normalized spacial score (nSPS) is 11.3. The molecule has 4 rings (SSSR count). The molecule has 0 aliphatic heterocycles. The number of nitrogens with one attached hydrogen (secondary N) is 1. The van der Waals surface area contributed by atoms with E-state index in [0.717, 1.165) is 16.6 Å². The van der Waals surface area contributed by atoms with Gasteiger partial charge < -0.3 is 10.1 Å². The van der Waals surface area contributed by atoms with E-state index < -0.39 is 0 Å². The van der Waals surface area contributed by atoms with Crippen molar-refractivity contribution in [3.05, 3.63) is 70.8 Å². The fourth-order valence-corrected chi connectivity index (χ4v) is 2.96. The second-order valence-corrected chi connectivity index (χ2v) is 5.37. The van der Waals surface area contributed by atoms with Crippen molar-refractivity contribution in [2.75, 3.05) is 6.61 Å². The van der Waals surface area contributed by atoms with Crippen LogP contribution in [0.25, 0.3) is 27.8 Å². The highest BCUT2D eigenvalue weighted by Crippen LogP contribution is 2.25. The first-order valence-electron chi connectivity index (χ1n) is 7.48.